The molecule has 0 unspecified atom stereocenters. The molecule has 0 saturated carbocycles. The average Bonchev–Trinajstić information content (AvgIpc) is 3.09. The number of benzene rings is 1. The Kier molecular flexibility index (Phi) is 3.60. The van der Waals surface area contributed by atoms with Crippen LogP contribution in [0.4, 0.5) is 5.69 Å². The van der Waals surface area contributed by atoms with E-state index in [4.69, 9.17) is 10.3 Å². The van der Waals surface area contributed by atoms with Crippen molar-refractivity contribution in [1.82, 2.24) is 10.1 Å². The van der Waals surface area contributed by atoms with Gasteiger partial charge in [-0.2, -0.15) is 4.98 Å². The lowest BCUT2D eigenvalue weighted by Gasteiger charge is -1.94. The molecule has 4 nitrogen and oxygen atoms in total. The number of nitrogen functional groups attached to an aromatic ring is 1. The van der Waals surface area contributed by atoms with E-state index in [1.807, 2.05) is 41.8 Å². The Morgan fingerprint density at radius 3 is 2.95 bits per heavy atom. The normalized spacial score (nSPS) is 11.2. The van der Waals surface area contributed by atoms with E-state index in [0.29, 0.717) is 18.1 Å². The number of thiophene rings is 1. The first kappa shape index (κ1) is 12.6. The minimum atomic E-state index is 0.499. The summed E-state index contributed by atoms with van der Waals surface area (Å²) in [6.07, 6.45) is 4.39. The molecule has 0 radical (unpaired) electrons. The van der Waals surface area contributed by atoms with E-state index in [2.05, 4.69) is 16.2 Å². The van der Waals surface area contributed by atoms with Crippen LogP contribution in [0.3, 0.4) is 0 Å². The summed E-state index contributed by atoms with van der Waals surface area (Å²) in [6.45, 7) is 0. The number of hydrogen-bond donors (Lipinski definition) is 1. The maximum Gasteiger partial charge on any atom is 0.250 e. The molecular formula is C15H13N3OS. The predicted molar refractivity (Wildman–Crippen MR) is 81.2 cm³/mol. The third-order valence-corrected chi connectivity index (χ3v) is 3.60. The molecule has 2 heterocycles. The minimum absolute atomic E-state index is 0.499. The molecule has 0 amide bonds. The van der Waals surface area contributed by atoms with Crippen LogP contribution in [0.2, 0.25) is 0 Å². The molecular weight excluding hydrogens is 270 g/mol. The van der Waals surface area contributed by atoms with Gasteiger partial charge in [0, 0.05) is 23.1 Å². The summed E-state index contributed by atoms with van der Waals surface area (Å²) in [7, 11) is 0. The van der Waals surface area contributed by atoms with E-state index in [9.17, 15) is 0 Å². The standard InChI is InChI=1S/C15H13N3OS/c16-12-4-1-3-11(9-12)6-7-15-17-14(18-19-15)10-13-5-2-8-20-13/h1-9H,10,16H2/b7-6+. The van der Waals surface area contributed by atoms with Crippen molar-refractivity contribution in [3.05, 3.63) is 63.9 Å². The van der Waals surface area contributed by atoms with Crippen molar-refractivity contribution in [2.75, 3.05) is 5.73 Å². The molecule has 3 rings (SSSR count). The van der Waals surface area contributed by atoms with Crippen LogP contribution in [-0.2, 0) is 6.42 Å². The quantitative estimate of drug-likeness (QED) is 0.744. The lowest BCUT2D eigenvalue weighted by atomic mass is 10.2. The SMILES string of the molecule is Nc1cccc(/C=C/c2nc(Cc3cccs3)no2)c1. The molecule has 0 spiro atoms. The second-order valence-electron chi connectivity index (χ2n) is 4.31. The second-order valence-corrected chi connectivity index (χ2v) is 5.34. The van der Waals surface area contributed by atoms with Crippen molar-refractivity contribution in [2.24, 2.45) is 0 Å². The zero-order chi connectivity index (χ0) is 13.8. The molecule has 0 bridgehead atoms. The lowest BCUT2D eigenvalue weighted by molar-refractivity contribution is 0.404. The summed E-state index contributed by atoms with van der Waals surface area (Å²) in [5, 5.41) is 6.00. The second kappa shape index (κ2) is 5.71. The van der Waals surface area contributed by atoms with Gasteiger partial charge in [-0.25, -0.2) is 0 Å². The number of aromatic nitrogens is 2. The first-order valence-electron chi connectivity index (χ1n) is 6.18. The first-order valence-corrected chi connectivity index (χ1v) is 7.06. The summed E-state index contributed by atoms with van der Waals surface area (Å²) in [5.74, 6) is 1.19. The summed E-state index contributed by atoms with van der Waals surface area (Å²) in [6, 6.07) is 11.7. The average molecular weight is 283 g/mol. The third-order valence-electron chi connectivity index (χ3n) is 2.73. The van der Waals surface area contributed by atoms with Crippen LogP contribution >= 0.6 is 11.3 Å². The number of hydrogen-bond acceptors (Lipinski definition) is 5. The van der Waals surface area contributed by atoms with Gasteiger partial charge in [0.2, 0.25) is 0 Å². The van der Waals surface area contributed by atoms with E-state index in [1.54, 1.807) is 17.4 Å². The van der Waals surface area contributed by atoms with Crippen LogP contribution in [-0.4, -0.2) is 10.1 Å². The molecule has 0 aliphatic heterocycles. The molecule has 0 atom stereocenters. The van der Waals surface area contributed by atoms with Crippen LogP contribution in [0.5, 0.6) is 0 Å². The fraction of sp³-hybridized carbons (Fsp3) is 0.0667. The highest BCUT2D eigenvalue weighted by molar-refractivity contribution is 7.09. The predicted octanol–water partition coefficient (Wildman–Crippen LogP) is 3.47. The van der Waals surface area contributed by atoms with Crippen LogP contribution < -0.4 is 5.73 Å². The van der Waals surface area contributed by atoms with E-state index in [-0.39, 0.29) is 0 Å². The van der Waals surface area contributed by atoms with Gasteiger partial charge in [0.1, 0.15) is 0 Å². The zero-order valence-electron chi connectivity index (χ0n) is 10.7. The maximum absolute atomic E-state index is 5.72. The van der Waals surface area contributed by atoms with Crippen LogP contribution in [0.15, 0.2) is 46.3 Å². The van der Waals surface area contributed by atoms with Crippen LogP contribution in [0.1, 0.15) is 22.2 Å². The molecule has 2 N–H and O–H groups in total. The van der Waals surface area contributed by atoms with Crippen molar-refractivity contribution in [2.45, 2.75) is 6.42 Å². The molecule has 3 aromatic rings. The van der Waals surface area contributed by atoms with Gasteiger partial charge in [0.25, 0.3) is 5.89 Å². The van der Waals surface area contributed by atoms with Gasteiger partial charge in [-0.3, -0.25) is 0 Å². The Labute approximate surface area is 120 Å². The smallest absolute Gasteiger partial charge is 0.250 e. The van der Waals surface area contributed by atoms with Gasteiger partial charge in [-0.15, -0.1) is 11.3 Å². The summed E-state index contributed by atoms with van der Waals surface area (Å²) >= 11 is 1.69. The first-order chi connectivity index (χ1) is 9.79. The molecule has 1 aromatic carbocycles. The van der Waals surface area contributed by atoms with E-state index in [0.717, 1.165) is 11.3 Å². The zero-order valence-corrected chi connectivity index (χ0v) is 11.5. The molecule has 20 heavy (non-hydrogen) atoms. The van der Waals surface area contributed by atoms with E-state index < -0.39 is 0 Å². The third kappa shape index (κ3) is 3.13. The number of anilines is 1. The summed E-state index contributed by atoms with van der Waals surface area (Å²) in [5.41, 5.74) is 7.46. The van der Waals surface area contributed by atoms with Crippen molar-refractivity contribution in [1.29, 1.82) is 0 Å². The van der Waals surface area contributed by atoms with Crippen LogP contribution in [0, 0.1) is 0 Å². The summed E-state index contributed by atoms with van der Waals surface area (Å²) < 4.78 is 5.19. The number of rotatable bonds is 4. The Balaban J connectivity index is 1.71. The molecule has 0 aliphatic carbocycles. The van der Waals surface area contributed by atoms with Gasteiger partial charge < -0.3 is 10.3 Å². The van der Waals surface area contributed by atoms with Crippen molar-refractivity contribution >= 4 is 29.2 Å². The minimum Gasteiger partial charge on any atom is -0.399 e. The molecule has 0 aliphatic rings. The molecule has 2 aromatic heterocycles. The summed E-state index contributed by atoms with van der Waals surface area (Å²) in [4.78, 5) is 5.55. The largest absolute Gasteiger partial charge is 0.399 e. The Morgan fingerprint density at radius 1 is 1.20 bits per heavy atom. The monoisotopic (exact) mass is 283 g/mol. The molecule has 5 heteroatoms. The Bertz CT molecular complexity index is 716. The van der Waals surface area contributed by atoms with Crippen molar-refractivity contribution in [3.8, 4) is 0 Å². The van der Waals surface area contributed by atoms with Gasteiger partial charge in [-0.05, 0) is 35.2 Å². The highest BCUT2D eigenvalue weighted by Crippen LogP contribution is 2.14. The molecule has 100 valence electrons. The molecule has 0 saturated heterocycles. The number of nitrogens with two attached hydrogens (primary N) is 1. The van der Waals surface area contributed by atoms with Gasteiger partial charge in [0.15, 0.2) is 5.82 Å². The Morgan fingerprint density at radius 2 is 2.15 bits per heavy atom. The van der Waals surface area contributed by atoms with Crippen molar-refractivity contribution in [3.63, 3.8) is 0 Å². The highest BCUT2D eigenvalue weighted by atomic mass is 32.1. The Hall–Kier alpha value is -2.40. The van der Waals surface area contributed by atoms with E-state index in [1.165, 1.54) is 4.88 Å². The van der Waals surface area contributed by atoms with Gasteiger partial charge in [-0.1, -0.05) is 23.4 Å². The van der Waals surface area contributed by atoms with Crippen LogP contribution in [0.25, 0.3) is 12.2 Å². The van der Waals surface area contributed by atoms with E-state index >= 15 is 0 Å². The van der Waals surface area contributed by atoms with Gasteiger partial charge >= 0.3 is 0 Å². The maximum atomic E-state index is 5.72. The lowest BCUT2D eigenvalue weighted by Crippen LogP contribution is -1.87. The fourth-order valence-corrected chi connectivity index (χ4v) is 2.51. The topological polar surface area (TPSA) is 64.9 Å². The van der Waals surface area contributed by atoms with Crippen molar-refractivity contribution < 1.29 is 4.52 Å². The molecule has 0 fully saturated rings. The number of nitrogens with zero attached hydrogens (tertiary/aromatic N) is 2. The highest BCUT2D eigenvalue weighted by Gasteiger charge is 2.05. The van der Waals surface area contributed by atoms with Gasteiger partial charge in [0.05, 0.1) is 0 Å². The fourth-order valence-electron chi connectivity index (χ4n) is 1.81.